The van der Waals surface area contributed by atoms with E-state index in [1.165, 1.54) is 12.1 Å². The van der Waals surface area contributed by atoms with Crippen LogP contribution in [0.1, 0.15) is 5.76 Å². The molecule has 0 unspecified atom stereocenters. The minimum atomic E-state index is -0.851. The highest BCUT2D eigenvalue weighted by Gasteiger charge is 2.19. The topological polar surface area (TPSA) is 68.3 Å². The highest BCUT2D eigenvalue weighted by molar-refractivity contribution is 9.10. The normalized spacial score (nSPS) is 10.4. The first-order chi connectivity index (χ1) is 9.08. The lowest BCUT2D eigenvalue weighted by atomic mass is 10.2. The number of halogens is 2. The Labute approximate surface area is 116 Å². The van der Waals surface area contributed by atoms with Crippen LogP contribution in [0.2, 0.25) is 0 Å². The molecule has 2 aromatic rings. The van der Waals surface area contributed by atoms with Crippen LogP contribution in [0, 0.1) is 15.9 Å². The highest BCUT2D eigenvalue weighted by Crippen LogP contribution is 2.27. The van der Waals surface area contributed by atoms with Gasteiger partial charge in [0.25, 0.3) is 0 Å². The standard InChI is InChI=1S/C12H10BrFN2O3/c13-11-5-4-8(19-11)6-7-15-10-3-1-2-9(14)12(10)16(17)18/h1-5,15H,6-7H2. The number of anilines is 1. The summed E-state index contributed by atoms with van der Waals surface area (Å²) in [4.78, 5) is 10.0. The third-order valence-corrected chi connectivity index (χ3v) is 2.91. The second-order valence-corrected chi connectivity index (χ2v) is 4.56. The maximum absolute atomic E-state index is 13.3. The van der Waals surface area contributed by atoms with Crippen molar-refractivity contribution < 1.29 is 13.7 Å². The molecule has 100 valence electrons. The van der Waals surface area contributed by atoms with Crippen LogP contribution in [0.4, 0.5) is 15.8 Å². The molecule has 0 aliphatic carbocycles. The molecule has 0 radical (unpaired) electrons. The Kier molecular flexibility index (Phi) is 4.16. The lowest BCUT2D eigenvalue weighted by molar-refractivity contribution is -0.386. The maximum atomic E-state index is 13.3. The molecule has 0 fully saturated rings. The number of para-hydroxylation sites is 1. The second kappa shape index (κ2) is 5.83. The molecule has 1 aromatic heterocycles. The maximum Gasteiger partial charge on any atom is 0.327 e. The Bertz CT molecular complexity index is 600. The van der Waals surface area contributed by atoms with Gasteiger partial charge in [-0.05, 0) is 40.2 Å². The first-order valence-electron chi connectivity index (χ1n) is 5.49. The summed E-state index contributed by atoms with van der Waals surface area (Å²) in [6.45, 7) is 0.407. The van der Waals surface area contributed by atoms with Gasteiger partial charge in [0, 0.05) is 13.0 Å². The number of hydrogen-bond acceptors (Lipinski definition) is 4. The highest BCUT2D eigenvalue weighted by atomic mass is 79.9. The molecule has 1 N–H and O–H groups in total. The molecule has 0 saturated heterocycles. The molecule has 0 aliphatic rings. The number of nitrogens with one attached hydrogen (secondary N) is 1. The van der Waals surface area contributed by atoms with Crippen LogP contribution in [0.3, 0.4) is 0 Å². The fraction of sp³-hybridized carbons (Fsp3) is 0.167. The number of furan rings is 1. The van der Waals surface area contributed by atoms with Gasteiger partial charge in [-0.2, -0.15) is 4.39 Å². The van der Waals surface area contributed by atoms with Crippen molar-refractivity contribution >= 4 is 27.3 Å². The SMILES string of the molecule is O=[N+]([O-])c1c(F)cccc1NCCc1ccc(Br)o1. The zero-order chi connectivity index (χ0) is 13.8. The van der Waals surface area contributed by atoms with Crippen LogP contribution in [-0.2, 0) is 6.42 Å². The van der Waals surface area contributed by atoms with Crippen LogP contribution in [0.5, 0.6) is 0 Å². The summed E-state index contributed by atoms with van der Waals surface area (Å²) in [6.07, 6.45) is 0.541. The van der Waals surface area contributed by atoms with Gasteiger partial charge in [0.05, 0.1) is 4.92 Å². The molecule has 0 amide bonds. The summed E-state index contributed by atoms with van der Waals surface area (Å²) in [5.41, 5.74) is -0.376. The van der Waals surface area contributed by atoms with E-state index in [0.717, 1.165) is 11.8 Å². The molecule has 7 heteroatoms. The second-order valence-electron chi connectivity index (χ2n) is 3.78. The van der Waals surface area contributed by atoms with Crippen molar-refractivity contribution in [1.82, 2.24) is 0 Å². The molecular weight excluding hydrogens is 319 g/mol. The van der Waals surface area contributed by atoms with Crippen molar-refractivity contribution in [3.63, 3.8) is 0 Å². The summed E-state index contributed by atoms with van der Waals surface area (Å²) >= 11 is 3.18. The Morgan fingerprint density at radius 1 is 1.37 bits per heavy atom. The van der Waals surface area contributed by atoms with Gasteiger partial charge < -0.3 is 9.73 Å². The van der Waals surface area contributed by atoms with Gasteiger partial charge in [-0.1, -0.05) is 6.07 Å². The minimum Gasteiger partial charge on any atom is -0.454 e. The number of nitro benzene ring substituents is 1. The molecule has 19 heavy (non-hydrogen) atoms. The van der Waals surface area contributed by atoms with E-state index in [0.29, 0.717) is 17.6 Å². The Hall–Kier alpha value is -1.89. The smallest absolute Gasteiger partial charge is 0.327 e. The molecule has 0 aliphatic heterocycles. The number of nitro groups is 1. The third-order valence-electron chi connectivity index (χ3n) is 2.49. The van der Waals surface area contributed by atoms with Crippen LogP contribution in [0.25, 0.3) is 0 Å². The molecule has 0 spiro atoms. The van der Waals surface area contributed by atoms with Gasteiger partial charge in [0.2, 0.25) is 5.82 Å². The lowest BCUT2D eigenvalue weighted by Gasteiger charge is -2.06. The summed E-state index contributed by atoms with van der Waals surface area (Å²) in [5.74, 6) is -0.117. The molecule has 0 saturated carbocycles. The predicted molar refractivity (Wildman–Crippen MR) is 71.7 cm³/mol. The molecular formula is C12H10BrFN2O3. The van der Waals surface area contributed by atoms with Gasteiger partial charge >= 0.3 is 5.69 Å². The van der Waals surface area contributed by atoms with Crippen LogP contribution in [0.15, 0.2) is 39.4 Å². The summed E-state index contributed by atoms with van der Waals surface area (Å²) in [7, 11) is 0. The van der Waals surface area contributed by atoms with E-state index < -0.39 is 16.4 Å². The monoisotopic (exact) mass is 328 g/mol. The van der Waals surface area contributed by atoms with Crippen molar-refractivity contribution in [1.29, 1.82) is 0 Å². The van der Waals surface area contributed by atoms with E-state index in [9.17, 15) is 14.5 Å². The summed E-state index contributed by atoms with van der Waals surface area (Å²) in [5, 5.41) is 13.6. The predicted octanol–water partition coefficient (Wildman–Crippen LogP) is 3.74. The molecule has 0 bridgehead atoms. The molecule has 1 aromatic carbocycles. The molecule has 0 atom stereocenters. The zero-order valence-electron chi connectivity index (χ0n) is 9.73. The van der Waals surface area contributed by atoms with Crippen molar-refractivity contribution in [2.24, 2.45) is 0 Å². The first-order valence-corrected chi connectivity index (χ1v) is 6.28. The van der Waals surface area contributed by atoms with Gasteiger partial charge in [0.15, 0.2) is 4.67 Å². The van der Waals surface area contributed by atoms with Crippen molar-refractivity contribution in [3.8, 4) is 0 Å². The average molecular weight is 329 g/mol. The van der Waals surface area contributed by atoms with E-state index in [1.807, 2.05) is 0 Å². The number of rotatable bonds is 5. The molecule has 5 nitrogen and oxygen atoms in total. The van der Waals surface area contributed by atoms with Gasteiger partial charge in [-0.25, -0.2) is 0 Å². The van der Waals surface area contributed by atoms with Crippen molar-refractivity contribution in [2.75, 3.05) is 11.9 Å². The number of hydrogen-bond donors (Lipinski definition) is 1. The van der Waals surface area contributed by atoms with E-state index in [-0.39, 0.29) is 5.69 Å². The zero-order valence-corrected chi connectivity index (χ0v) is 11.3. The minimum absolute atomic E-state index is 0.163. The van der Waals surface area contributed by atoms with E-state index in [2.05, 4.69) is 21.2 Å². The van der Waals surface area contributed by atoms with Crippen molar-refractivity contribution in [2.45, 2.75) is 6.42 Å². The van der Waals surface area contributed by atoms with Crippen LogP contribution >= 0.6 is 15.9 Å². The van der Waals surface area contributed by atoms with E-state index in [1.54, 1.807) is 12.1 Å². The number of benzene rings is 1. The molecule has 2 rings (SSSR count). The first kappa shape index (κ1) is 13.5. The van der Waals surface area contributed by atoms with Crippen LogP contribution < -0.4 is 5.32 Å². The van der Waals surface area contributed by atoms with Gasteiger partial charge in [0.1, 0.15) is 11.4 Å². The van der Waals surface area contributed by atoms with Crippen molar-refractivity contribution in [3.05, 3.63) is 56.7 Å². The summed E-state index contributed by atoms with van der Waals surface area (Å²) < 4.78 is 19.3. The van der Waals surface area contributed by atoms with Gasteiger partial charge in [-0.15, -0.1) is 0 Å². The Morgan fingerprint density at radius 2 is 2.16 bits per heavy atom. The fourth-order valence-corrected chi connectivity index (χ4v) is 1.99. The summed E-state index contributed by atoms with van der Waals surface area (Å²) in [6, 6.07) is 7.52. The third kappa shape index (κ3) is 3.31. The molecule has 1 heterocycles. The Morgan fingerprint density at radius 3 is 2.79 bits per heavy atom. The van der Waals surface area contributed by atoms with Gasteiger partial charge in [-0.3, -0.25) is 10.1 Å². The lowest BCUT2D eigenvalue weighted by Crippen LogP contribution is -2.07. The largest absolute Gasteiger partial charge is 0.454 e. The quantitative estimate of drug-likeness (QED) is 0.670. The average Bonchev–Trinajstić information content (AvgIpc) is 2.74. The van der Waals surface area contributed by atoms with E-state index >= 15 is 0 Å². The van der Waals surface area contributed by atoms with Crippen LogP contribution in [-0.4, -0.2) is 11.5 Å². The van der Waals surface area contributed by atoms with E-state index in [4.69, 9.17) is 4.42 Å². The Balaban J connectivity index is 2.03. The number of nitrogens with zero attached hydrogens (tertiary/aromatic N) is 1. The fourth-order valence-electron chi connectivity index (χ4n) is 1.65.